The zero-order chi connectivity index (χ0) is 50.1. The molecule has 2 fully saturated rings. The number of hydrogen-bond acceptors (Lipinski definition) is 16. The Balaban J connectivity index is 0.000000178. The van der Waals surface area contributed by atoms with Crippen LogP contribution in [0.3, 0.4) is 0 Å². The number of piperazine rings is 2. The van der Waals surface area contributed by atoms with Crippen LogP contribution < -0.4 is 30.7 Å². The van der Waals surface area contributed by atoms with E-state index in [0.717, 1.165) is 71.1 Å². The van der Waals surface area contributed by atoms with Crippen molar-refractivity contribution in [3.05, 3.63) is 140 Å². The first-order chi connectivity index (χ1) is 34.9. The van der Waals surface area contributed by atoms with Crippen molar-refractivity contribution < 1.29 is 27.8 Å². The molecule has 0 atom stereocenters. The maximum absolute atomic E-state index is 13.2. The number of nitrogens with two attached hydrogens (primary N) is 2. The lowest BCUT2D eigenvalue weighted by Gasteiger charge is -2.35. The molecule has 6 heterocycles. The maximum atomic E-state index is 13.2. The molecular formula is C51H51BrF2N12O4S2. The summed E-state index contributed by atoms with van der Waals surface area (Å²) in [5.41, 5.74) is 16.7. The van der Waals surface area contributed by atoms with Crippen LogP contribution in [0, 0.1) is 18.6 Å². The summed E-state index contributed by atoms with van der Waals surface area (Å²) in [4.78, 5) is 62.0. The van der Waals surface area contributed by atoms with Gasteiger partial charge in [-0.25, -0.2) is 28.7 Å². The number of benzene rings is 4. The number of ether oxygens (including phenoxy) is 2. The molecule has 372 valence electrons. The monoisotopic (exact) mass is 1080 g/mol. The van der Waals surface area contributed by atoms with E-state index in [1.54, 1.807) is 29.2 Å². The van der Waals surface area contributed by atoms with Crippen LogP contribution >= 0.6 is 38.6 Å². The Bertz CT molecular complexity index is 3150. The number of halogens is 3. The highest BCUT2D eigenvalue weighted by molar-refractivity contribution is 9.10. The third kappa shape index (κ3) is 12.9. The Morgan fingerprint density at radius 3 is 1.46 bits per heavy atom. The molecule has 10 rings (SSSR count). The standard InChI is InChI=1S/C26H27FN6O2S.C25H24BrFN6O2S/c1-17-3-2-4-20(15-17)35-16-22(34)32-11-13-33(14-12-32)24-23-25(31-26(28)30-24)36-21(29-23)10-7-18-5-8-19(27)9-6-18;26-17-4-8-19(9-5-17)35-15-21(34)32-11-13-33(14-12-32)23-22-24(31-25(28)30-23)36-20(29-22)10-3-16-1-6-18(27)7-2-16/h2-6,8-9,15H,7,10-14,16H2,1H3,(H2,28,30,31);1-2,4-9H,3,10-15H2,(H2,28,30,31). The fourth-order valence-electron chi connectivity index (χ4n) is 8.24. The molecule has 2 saturated heterocycles. The molecule has 0 radical (unpaired) electrons. The lowest BCUT2D eigenvalue weighted by Crippen LogP contribution is -2.50. The van der Waals surface area contributed by atoms with Crippen LogP contribution in [0.25, 0.3) is 20.7 Å². The normalized spacial score (nSPS) is 13.8. The molecule has 21 heteroatoms. The van der Waals surface area contributed by atoms with Crippen molar-refractivity contribution in [1.29, 1.82) is 0 Å². The topological polar surface area (TPSA) is 195 Å². The van der Waals surface area contributed by atoms with Gasteiger partial charge in [-0.2, -0.15) is 9.97 Å². The molecule has 4 N–H and O–H groups in total. The van der Waals surface area contributed by atoms with E-state index in [1.165, 1.54) is 46.9 Å². The van der Waals surface area contributed by atoms with E-state index in [-0.39, 0.29) is 48.6 Å². The summed E-state index contributed by atoms with van der Waals surface area (Å²) < 4.78 is 38.6. The van der Waals surface area contributed by atoms with Crippen molar-refractivity contribution in [2.75, 3.05) is 86.8 Å². The smallest absolute Gasteiger partial charge is 0.260 e. The summed E-state index contributed by atoms with van der Waals surface area (Å²) in [5, 5.41) is 1.85. The van der Waals surface area contributed by atoms with E-state index in [2.05, 4.69) is 45.7 Å². The largest absolute Gasteiger partial charge is 0.484 e. The molecule has 0 bridgehead atoms. The molecule has 0 unspecified atom stereocenters. The Hall–Kier alpha value is -7.10. The van der Waals surface area contributed by atoms with Gasteiger partial charge in [-0.05, 0) is 97.1 Å². The van der Waals surface area contributed by atoms with Crippen LogP contribution in [-0.4, -0.2) is 117 Å². The van der Waals surface area contributed by atoms with Gasteiger partial charge in [0.25, 0.3) is 11.8 Å². The van der Waals surface area contributed by atoms with Gasteiger partial charge in [0.2, 0.25) is 11.9 Å². The molecule has 2 aliphatic heterocycles. The number of rotatable bonds is 14. The van der Waals surface area contributed by atoms with E-state index in [1.807, 2.05) is 60.4 Å². The summed E-state index contributed by atoms with van der Waals surface area (Å²) in [6.45, 7) is 6.66. The molecule has 2 amide bonds. The van der Waals surface area contributed by atoms with Gasteiger partial charge in [-0.1, -0.05) is 75.0 Å². The van der Waals surface area contributed by atoms with Crippen molar-refractivity contribution in [3.8, 4) is 11.5 Å². The van der Waals surface area contributed by atoms with Gasteiger partial charge < -0.3 is 40.5 Å². The zero-order valence-corrected chi connectivity index (χ0v) is 42.6. The zero-order valence-electron chi connectivity index (χ0n) is 39.3. The fraction of sp³-hybridized carbons (Fsp3) is 0.294. The number of aromatic nitrogens is 6. The van der Waals surface area contributed by atoms with Gasteiger partial charge in [0.05, 0.1) is 10.0 Å². The molecular weight excluding hydrogens is 1030 g/mol. The molecule has 0 spiro atoms. The van der Waals surface area contributed by atoms with Gasteiger partial charge in [0.1, 0.15) is 34.2 Å². The SMILES string of the molecule is Cc1cccc(OCC(=O)N2CCN(c3nc(N)nc4sc(CCc5ccc(F)cc5)nc34)CC2)c1.Nc1nc(N2CCN(C(=O)COc3ccc(Br)cc3)CC2)c2nc(CCc3ccc(F)cc3)sc2n1. The van der Waals surface area contributed by atoms with E-state index in [9.17, 15) is 18.4 Å². The van der Waals surface area contributed by atoms with Crippen LogP contribution in [0.15, 0.2) is 102 Å². The minimum Gasteiger partial charge on any atom is -0.484 e. The number of anilines is 4. The third-order valence-corrected chi connectivity index (χ3v) is 14.6. The maximum Gasteiger partial charge on any atom is 0.260 e. The first-order valence-corrected chi connectivity index (χ1v) is 25.8. The molecule has 8 aromatic rings. The number of thiazole rings is 2. The fourth-order valence-corrected chi connectivity index (χ4v) is 10.4. The second kappa shape index (κ2) is 23.0. The van der Waals surface area contributed by atoms with Crippen molar-refractivity contribution in [2.45, 2.75) is 32.6 Å². The summed E-state index contributed by atoms with van der Waals surface area (Å²) in [6, 6.07) is 28.1. The molecule has 2 aliphatic rings. The highest BCUT2D eigenvalue weighted by Crippen LogP contribution is 2.32. The van der Waals surface area contributed by atoms with E-state index < -0.39 is 0 Å². The highest BCUT2D eigenvalue weighted by Gasteiger charge is 2.27. The number of aryl methyl sites for hydroxylation is 5. The molecule has 16 nitrogen and oxygen atoms in total. The summed E-state index contributed by atoms with van der Waals surface area (Å²) in [6.07, 6.45) is 2.94. The van der Waals surface area contributed by atoms with E-state index in [4.69, 9.17) is 30.9 Å². The quantitative estimate of drug-likeness (QED) is 0.108. The average molecular weight is 1080 g/mol. The summed E-state index contributed by atoms with van der Waals surface area (Å²) in [7, 11) is 0. The number of amides is 2. The lowest BCUT2D eigenvalue weighted by atomic mass is 10.1. The predicted octanol–water partition coefficient (Wildman–Crippen LogP) is 7.71. The van der Waals surface area contributed by atoms with E-state index in [0.29, 0.717) is 81.9 Å². The Morgan fingerprint density at radius 1 is 0.569 bits per heavy atom. The van der Waals surface area contributed by atoms with Gasteiger partial charge >= 0.3 is 0 Å². The minimum atomic E-state index is -0.243. The van der Waals surface area contributed by atoms with Crippen LogP contribution in [-0.2, 0) is 35.3 Å². The summed E-state index contributed by atoms with van der Waals surface area (Å²) in [5.74, 6) is 2.57. The summed E-state index contributed by atoms with van der Waals surface area (Å²) >= 11 is 6.38. The Kier molecular flexibility index (Phi) is 15.9. The number of nitrogen functional groups attached to an aromatic ring is 2. The predicted molar refractivity (Wildman–Crippen MR) is 281 cm³/mol. The van der Waals surface area contributed by atoms with Crippen LogP contribution in [0.1, 0.15) is 26.7 Å². The molecule has 72 heavy (non-hydrogen) atoms. The number of nitrogens with zero attached hydrogens (tertiary/aromatic N) is 10. The first-order valence-electron chi connectivity index (χ1n) is 23.4. The van der Waals surface area contributed by atoms with Gasteiger partial charge in [-0.3, -0.25) is 9.59 Å². The second-order valence-electron chi connectivity index (χ2n) is 17.2. The van der Waals surface area contributed by atoms with Gasteiger partial charge in [0, 0.05) is 69.7 Å². The molecule has 0 saturated carbocycles. The van der Waals surface area contributed by atoms with Gasteiger partial charge in [-0.15, -0.1) is 0 Å². The van der Waals surface area contributed by atoms with Crippen LogP contribution in [0.2, 0.25) is 0 Å². The van der Waals surface area contributed by atoms with Gasteiger partial charge in [0.15, 0.2) is 34.5 Å². The number of carbonyl (C=O) groups is 2. The number of carbonyl (C=O) groups excluding carboxylic acids is 2. The van der Waals surface area contributed by atoms with Crippen molar-refractivity contribution in [3.63, 3.8) is 0 Å². The second-order valence-corrected chi connectivity index (χ2v) is 20.2. The Labute approximate surface area is 430 Å². The molecule has 4 aromatic heterocycles. The van der Waals surface area contributed by atoms with Crippen molar-refractivity contribution in [1.82, 2.24) is 39.7 Å². The van der Waals surface area contributed by atoms with Crippen molar-refractivity contribution >= 4 is 94.6 Å². The minimum absolute atomic E-state index is 0.00413. The third-order valence-electron chi connectivity index (χ3n) is 12.1. The van der Waals surface area contributed by atoms with E-state index >= 15 is 0 Å². The number of fused-ring (bicyclic) bond motifs is 2. The first kappa shape index (κ1) is 49.9. The molecule has 0 aliphatic carbocycles. The van der Waals surface area contributed by atoms with Crippen molar-refractivity contribution in [2.24, 2.45) is 0 Å². The highest BCUT2D eigenvalue weighted by atomic mass is 79.9. The van der Waals surface area contributed by atoms with Crippen LogP contribution in [0.4, 0.5) is 32.3 Å². The lowest BCUT2D eigenvalue weighted by molar-refractivity contribution is -0.134. The Morgan fingerprint density at radius 2 is 1.01 bits per heavy atom. The van der Waals surface area contributed by atoms with Crippen LogP contribution in [0.5, 0.6) is 11.5 Å². The number of hydrogen-bond donors (Lipinski definition) is 2. The molecule has 4 aromatic carbocycles. The average Bonchev–Trinajstić information content (AvgIpc) is 4.01.